The molecule has 0 bridgehead atoms. The monoisotopic (exact) mass is 673 g/mol. The summed E-state index contributed by atoms with van der Waals surface area (Å²) >= 11 is 0. The van der Waals surface area contributed by atoms with E-state index in [0.717, 1.165) is 0 Å². The summed E-state index contributed by atoms with van der Waals surface area (Å²) in [4.78, 5) is 2.67. The van der Waals surface area contributed by atoms with E-state index in [-0.39, 0.29) is 17.9 Å². The molecular formula is C49H43NSi. The maximum absolute atomic E-state index is 2.67. The van der Waals surface area contributed by atoms with Crippen molar-refractivity contribution in [3.63, 3.8) is 0 Å². The third kappa shape index (κ3) is 5.07. The maximum atomic E-state index is 2.67. The van der Waals surface area contributed by atoms with Crippen molar-refractivity contribution in [1.82, 2.24) is 0 Å². The molecule has 1 aliphatic heterocycles. The normalized spacial score (nSPS) is 20.2. The van der Waals surface area contributed by atoms with Gasteiger partial charge in [-0.1, -0.05) is 157 Å². The van der Waals surface area contributed by atoms with E-state index in [2.05, 4.69) is 190 Å². The Hall–Kier alpha value is -5.31. The highest BCUT2D eigenvalue weighted by atomic mass is 28.2. The van der Waals surface area contributed by atoms with Crippen molar-refractivity contribution in [3.8, 4) is 22.3 Å². The van der Waals surface area contributed by atoms with E-state index in [1.54, 1.807) is 0 Å². The minimum atomic E-state index is -0.635. The van der Waals surface area contributed by atoms with Gasteiger partial charge in [-0.25, -0.2) is 0 Å². The lowest BCUT2D eigenvalue weighted by Gasteiger charge is -2.30. The topological polar surface area (TPSA) is 3.24 Å². The summed E-state index contributed by atoms with van der Waals surface area (Å²) in [5, 5.41) is 0. The molecule has 3 aliphatic carbocycles. The van der Waals surface area contributed by atoms with Gasteiger partial charge >= 0.3 is 0 Å². The van der Waals surface area contributed by atoms with Gasteiger partial charge in [-0.15, -0.1) is 0 Å². The number of rotatable bonds is 6. The quantitative estimate of drug-likeness (QED) is 0.162. The predicted octanol–water partition coefficient (Wildman–Crippen LogP) is 12.3. The fraction of sp³-hybridized carbons (Fsp3) is 0.163. The second-order valence-electron chi connectivity index (χ2n) is 14.8. The molecule has 5 aromatic carbocycles. The highest BCUT2D eigenvalue weighted by Gasteiger charge is 2.46. The summed E-state index contributed by atoms with van der Waals surface area (Å²) in [7, 11) is -0.635. The minimum absolute atomic E-state index is 0.179. The Morgan fingerprint density at radius 2 is 1.04 bits per heavy atom. The Kier molecular flexibility index (Phi) is 7.74. The molecule has 3 unspecified atom stereocenters. The number of hydrogen-bond acceptors (Lipinski definition) is 1. The molecular weight excluding hydrogens is 631 g/mol. The van der Waals surface area contributed by atoms with Crippen molar-refractivity contribution in [2.24, 2.45) is 0 Å². The summed E-state index contributed by atoms with van der Waals surface area (Å²) in [5.41, 5.74) is 24.7. The molecule has 0 saturated carbocycles. The molecule has 248 valence electrons. The summed E-state index contributed by atoms with van der Waals surface area (Å²) in [6.45, 7) is 12.0. The number of allylic oxidation sites excluding steroid dienone is 5. The smallest absolute Gasteiger partial charge is 0.0677 e. The van der Waals surface area contributed by atoms with Crippen LogP contribution in [0.2, 0.25) is 13.1 Å². The lowest BCUT2D eigenvalue weighted by molar-refractivity contribution is 0.905. The van der Waals surface area contributed by atoms with Crippen LogP contribution >= 0.6 is 0 Å². The van der Waals surface area contributed by atoms with Crippen molar-refractivity contribution in [2.45, 2.75) is 51.7 Å². The zero-order valence-corrected chi connectivity index (χ0v) is 31.1. The van der Waals surface area contributed by atoms with E-state index in [4.69, 9.17) is 0 Å². The van der Waals surface area contributed by atoms with Gasteiger partial charge in [0.25, 0.3) is 0 Å². The average molecular weight is 674 g/mol. The van der Waals surface area contributed by atoms with Gasteiger partial charge in [0, 0.05) is 31.5 Å². The Morgan fingerprint density at radius 1 is 0.549 bits per heavy atom. The third-order valence-corrected chi connectivity index (χ3v) is 12.3. The molecule has 3 atom stereocenters. The molecule has 0 amide bonds. The first kappa shape index (κ1) is 31.7. The number of fused-ring (bicyclic) bond motifs is 3. The Balaban J connectivity index is 1.28. The van der Waals surface area contributed by atoms with E-state index in [1.165, 1.54) is 89.3 Å². The molecule has 0 radical (unpaired) electrons. The fourth-order valence-electron chi connectivity index (χ4n) is 9.31. The van der Waals surface area contributed by atoms with E-state index in [1.807, 2.05) is 0 Å². The maximum Gasteiger partial charge on any atom is 0.0677 e. The van der Waals surface area contributed by atoms with E-state index >= 15 is 0 Å². The van der Waals surface area contributed by atoms with Gasteiger partial charge in [-0.2, -0.15) is 0 Å². The van der Waals surface area contributed by atoms with Crippen LogP contribution in [-0.2, 0) is 0 Å². The lowest BCUT2D eigenvalue weighted by Crippen LogP contribution is -2.32. The number of benzene rings is 5. The third-order valence-electron chi connectivity index (χ3n) is 11.3. The Labute approximate surface area is 304 Å². The minimum Gasteiger partial charge on any atom is -0.331 e. The first-order valence-electron chi connectivity index (χ1n) is 18.3. The van der Waals surface area contributed by atoms with Gasteiger partial charge in [0.2, 0.25) is 0 Å². The lowest BCUT2D eigenvalue weighted by atomic mass is 9.81. The zero-order chi connectivity index (χ0) is 34.8. The summed E-state index contributed by atoms with van der Waals surface area (Å²) < 4.78 is 0. The second kappa shape index (κ2) is 12.5. The molecule has 2 heteroatoms. The van der Waals surface area contributed by atoms with Crippen molar-refractivity contribution < 1.29 is 0 Å². The molecule has 0 spiro atoms. The van der Waals surface area contributed by atoms with Crippen molar-refractivity contribution >= 4 is 31.9 Å². The molecule has 1 nitrogen and oxygen atoms in total. The van der Waals surface area contributed by atoms with E-state index < -0.39 is 8.41 Å². The summed E-state index contributed by atoms with van der Waals surface area (Å²) in [6, 6.07) is 47.0. The molecule has 5 aromatic rings. The van der Waals surface area contributed by atoms with Crippen LogP contribution in [0.4, 0.5) is 5.69 Å². The van der Waals surface area contributed by atoms with Crippen LogP contribution in [0.5, 0.6) is 0 Å². The van der Waals surface area contributed by atoms with Gasteiger partial charge in [-0.3, -0.25) is 0 Å². The van der Waals surface area contributed by atoms with E-state index in [9.17, 15) is 0 Å². The van der Waals surface area contributed by atoms with Crippen LogP contribution in [0.1, 0.15) is 54.9 Å². The highest BCUT2D eigenvalue weighted by Crippen LogP contribution is 2.59. The van der Waals surface area contributed by atoms with Crippen molar-refractivity contribution in [2.75, 3.05) is 4.90 Å². The molecule has 9 rings (SSSR count). The van der Waals surface area contributed by atoms with Crippen LogP contribution in [0.15, 0.2) is 173 Å². The highest BCUT2D eigenvalue weighted by molar-refractivity contribution is 6.64. The average Bonchev–Trinajstić information content (AvgIpc) is 3.85. The molecule has 0 aromatic heterocycles. The van der Waals surface area contributed by atoms with Crippen LogP contribution in [0.3, 0.4) is 0 Å². The number of para-hydroxylation sites is 1. The van der Waals surface area contributed by atoms with Crippen molar-refractivity contribution in [3.05, 3.63) is 195 Å². The van der Waals surface area contributed by atoms with E-state index in [0.29, 0.717) is 0 Å². The Morgan fingerprint density at radius 3 is 1.55 bits per heavy atom. The summed E-state index contributed by atoms with van der Waals surface area (Å²) in [5.74, 6) is 0.381. The van der Waals surface area contributed by atoms with Gasteiger partial charge in [0.15, 0.2) is 0 Å². The molecule has 0 fully saturated rings. The fourth-order valence-corrected chi connectivity index (χ4v) is 10.2. The predicted molar refractivity (Wildman–Crippen MR) is 221 cm³/mol. The molecule has 4 aliphatic rings. The largest absolute Gasteiger partial charge is 0.331 e. The van der Waals surface area contributed by atoms with Crippen molar-refractivity contribution in [1.29, 1.82) is 0 Å². The van der Waals surface area contributed by atoms with Gasteiger partial charge < -0.3 is 4.90 Å². The first-order chi connectivity index (χ1) is 24.9. The molecule has 1 heterocycles. The molecule has 51 heavy (non-hydrogen) atoms. The van der Waals surface area contributed by atoms with Crippen LogP contribution < -0.4 is 4.90 Å². The van der Waals surface area contributed by atoms with Gasteiger partial charge in [0.05, 0.1) is 11.7 Å². The second-order valence-corrected chi connectivity index (χ2v) is 17.3. The van der Waals surface area contributed by atoms with Crippen LogP contribution in [0.25, 0.3) is 34.4 Å². The van der Waals surface area contributed by atoms with Crippen LogP contribution in [0, 0.1) is 0 Å². The SMILES string of the molecule is CC1=Cc2c(-c3ccccc3)cccc2C1C1=C(C)C(C2C(C)=Cc3c(-c4ccccc4)cccc32)=C2C1=CC(C=[Si](C)C)N2c1ccccc1. The first-order valence-corrected chi connectivity index (χ1v) is 20.9. The standard InChI is InChI=1S/C49H43NSi/c1-31-27-42-38(34-17-9-6-10-18-34)23-15-25-40(42)45(31)47-33(3)48(49-44(47)29-37(30-51(4)5)50(49)36-21-13-8-14-22-36)46-32(2)28-43-39(24-16-26-41(43)46)35-19-11-7-12-20-35/h6-30,37,45-46H,1-5H3. The number of anilines is 1. The number of nitrogens with zero attached hydrogens (tertiary/aromatic N) is 1. The summed E-state index contributed by atoms with van der Waals surface area (Å²) in [6.07, 6.45) is 7.54. The Bertz CT molecular complexity index is 2400. The molecule has 0 saturated heterocycles. The van der Waals surface area contributed by atoms with Crippen LogP contribution in [-0.4, -0.2) is 20.1 Å². The number of hydrogen-bond donors (Lipinski definition) is 0. The zero-order valence-electron chi connectivity index (χ0n) is 30.1. The molecule has 0 N–H and O–H groups in total. The van der Waals surface area contributed by atoms with Gasteiger partial charge in [0.1, 0.15) is 0 Å². The van der Waals surface area contributed by atoms with Gasteiger partial charge in [-0.05, 0) is 100 Å².